The second kappa shape index (κ2) is 6.32. The van der Waals surface area contributed by atoms with Gasteiger partial charge in [0.1, 0.15) is 5.52 Å². The summed E-state index contributed by atoms with van der Waals surface area (Å²) < 4.78 is 0. The van der Waals surface area contributed by atoms with Gasteiger partial charge in [0.15, 0.2) is 5.65 Å². The number of nitrogens with zero attached hydrogens (tertiary/aromatic N) is 4. The van der Waals surface area contributed by atoms with Crippen molar-refractivity contribution in [3.05, 3.63) is 59.7 Å². The Bertz CT molecular complexity index is 1050. The number of H-pyrrole nitrogens is 1. The summed E-state index contributed by atoms with van der Waals surface area (Å²) in [5.41, 5.74) is 7.59. The number of hydrogen-bond donors (Lipinski definition) is 2. The summed E-state index contributed by atoms with van der Waals surface area (Å²) in [5.74, 6) is 0.876. The lowest BCUT2D eigenvalue weighted by molar-refractivity contribution is 0.866. The molecule has 2 N–H and O–H groups in total. The van der Waals surface area contributed by atoms with Crippen LogP contribution in [0.5, 0.6) is 0 Å². The van der Waals surface area contributed by atoms with Gasteiger partial charge >= 0.3 is 0 Å². The van der Waals surface area contributed by atoms with E-state index in [9.17, 15) is 0 Å². The number of fused-ring (bicyclic) bond motifs is 3. The van der Waals surface area contributed by atoms with Crippen LogP contribution in [0.3, 0.4) is 0 Å². The largest absolute Gasteiger partial charge is 0.338 e. The summed E-state index contributed by atoms with van der Waals surface area (Å²) in [6.07, 6.45) is 1.74. The van der Waals surface area contributed by atoms with Crippen LogP contribution in [0, 0.1) is 0 Å². The predicted molar refractivity (Wildman–Crippen MR) is 101 cm³/mol. The average Bonchev–Trinajstić information content (AvgIpc) is 3.00. The van der Waals surface area contributed by atoms with E-state index in [-0.39, 0.29) is 0 Å². The average molecular weight is 330 g/mol. The number of anilines is 1. The zero-order valence-electron chi connectivity index (χ0n) is 14.1. The molecule has 2 aromatic carbocycles. The number of nitrogens with one attached hydrogen (secondary N) is 2. The summed E-state index contributed by atoms with van der Waals surface area (Å²) in [5, 5.41) is 13.5. The highest BCUT2D eigenvalue weighted by molar-refractivity contribution is 6.03. The summed E-state index contributed by atoms with van der Waals surface area (Å²) in [6.45, 7) is 4.35. The van der Waals surface area contributed by atoms with Gasteiger partial charge in [0, 0.05) is 10.9 Å². The highest BCUT2D eigenvalue weighted by Crippen LogP contribution is 2.21. The molecule has 6 heteroatoms. The van der Waals surface area contributed by atoms with Crippen LogP contribution in [-0.4, -0.2) is 26.4 Å². The first-order chi connectivity index (χ1) is 12.2. The van der Waals surface area contributed by atoms with Crippen molar-refractivity contribution in [1.82, 2.24) is 20.2 Å². The third-order valence-electron chi connectivity index (χ3n) is 4.10. The van der Waals surface area contributed by atoms with Crippen LogP contribution < -0.4 is 5.43 Å². The van der Waals surface area contributed by atoms with E-state index in [2.05, 4.69) is 56.7 Å². The smallest absolute Gasteiger partial charge is 0.265 e. The number of para-hydroxylation sites is 1. The molecule has 0 aliphatic rings. The minimum absolute atomic E-state index is 0.356. The molecule has 0 aliphatic carbocycles. The third kappa shape index (κ3) is 3.06. The van der Waals surface area contributed by atoms with Gasteiger partial charge in [-0.05, 0) is 23.1 Å². The Kier molecular flexibility index (Phi) is 3.85. The van der Waals surface area contributed by atoms with Gasteiger partial charge in [-0.2, -0.15) is 10.1 Å². The molecule has 0 atom stereocenters. The first-order valence-electron chi connectivity index (χ1n) is 8.21. The number of hydrogen-bond acceptors (Lipinski definition) is 5. The fourth-order valence-corrected chi connectivity index (χ4v) is 2.70. The first kappa shape index (κ1) is 15.3. The van der Waals surface area contributed by atoms with E-state index < -0.39 is 0 Å². The summed E-state index contributed by atoms with van der Waals surface area (Å²) >= 11 is 0. The fourth-order valence-electron chi connectivity index (χ4n) is 2.70. The molecule has 0 amide bonds. The minimum atomic E-state index is 0.356. The molecule has 124 valence electrons. The summed E-state index contributed by atoms with van der Waals surface area (Å²) in [7, 11) is 0. The number of rotatable bonds is 4. The normalized spacial score (nSPS) is 11.8. The second-order valence-corrected chi connectivity index (χ2v) is 6.19. The monoisotopic (exact) mass is 330 g/mol. The topological polar surface area (TPSA) is 78.8 Å². The Morgan fingerprint density at radius 3 is 2.64 bits per heavy atom. The number of aromatic amines is 1. The van der Waals surface area contributed by atoms with E-state index in [1.165, 1.54) is 5.56 Å². The van der Waals surface area contributed by atoms with E-state index in [4.69, 9.17) is 0 Å². The molecule has 4 rings (SSSR count). The van der Waals surface area contributed by atoms with Gasteiger partial charge in [0.2, 0.25) is 0 Å². The zero-order valence-corrected chi connectivity index (χ0v) is 14.1. The molecule has 0 saturated carbocycles. The summed E-state index contributed by atoms with van der Waals surface area (Å²) in [4.78, 5) is 7.66. The quantitative estimate of drug-likeness (QED) is 0.436. The van der Waals surface area contributed by atoms with Crippen molar-refractivity contribution in [2.75, 3.05) is 5.43 Å². The summed E-state index contributed by atoms with van der Waals surface area (Å²) in [6, 6.07) is 16.2. The van der Waals surface area contributed by atoms with E-state index in [0.717, 1.165) is 22.0 Å². The third-order valence-corrected chi connectivity index (χ3v) is 4.10. The van der Waals surface area contributed by atoms with Gasteiger partial charge in [0.05, 0.1) is 6.21 Å². The van der Waals surface area contributed by atoms with Crippen molar-refractivity contribution in [3.63, 3.8) is 0 Å². The Labute approximate surface area is 145 Å². The SMILES string of the molecule is CC(C)c1ccc(C=NNc2nnc3c(n2)[nH]c2ccccc23)cc1. The lowest BCUT2D eigenvalue weighted by Crippen LogP contribution is -1.99. The molecule has 6 nitrogen and oxygen atoms in total. The van der Waals surface area contributed by atoms with Crippen molar-refractivity contribution >= 4 is 34.2 Å². The lowest BCUT2D eigenvalue weighted by Gasteiger charge is -2.04. The standard InChI is InChI=1S/C19H18N6/c1-12(2)14-9-7-13(8-10-14)11-20-24-19-22-18-17(23-25-19)15-5-3-4-6-16(15)21-18/h3-12H,1-2H3,(H2,21,22,24,25). The molecule has 0 spiro atoms. The highest BCUT2D eigenvalue weighted by Gasteiger charge is 2.07. The predicted octanol–water partition coefficient (Wildman–Crippen LogP) is 4.08. The fraction of sp³-hybridized carbons (Fsp3) is 0.158. The van der Waals surface area contributed by atoms with Gasteiger partial charge in [-0.1, -0.05) is 56.3 Å². The van der Waals surface area contributed by atoms with Crippen molar-refractivity contribution < 1.29 is 0 Å². The van der Waals surface area contributed by atoms with Crippen molar-refractivity contribution in [3.8, 4) is 0 Å². The lowest BCUT2D eigenvalue weighted by atomic mass is 10.0. The van der Waals surface area contributed by atoms with Gasteiger partial charge < -0.3 is 4.98 Å². The molecule has 0 bridgehead atoms. The van der Waals surface area contributed by atoms with Crippen LogP contribution in [0.4, 0.5) is 5.95 Å². The second-order valence-electron chi connectivity index (χ2n) is 6.19. The Morgan fingerprint density at radius 2 is 1.84 bits per heavy atom. The van der Waals surface area contributed by atoms with Crippen molar-refractivity contribution in [2.45, 2.75) is 19.8 Å². The minimum Gasteiger partial charge on any atom is -0.338 e. The van der Waals surface area contributed by atoms with E-state index in [0.29, 0.717) is 17.5 Å². The Morgan fingerprint density at radius 1 is 1.04 bits per heavy atom. The maximum atomic E-state index is 4.43. The van der Waals surface area contributed by atoms with E-state index >= 15 is 0 Å². The van der Waals surface area contributed by atoms with Crippen LogP contribution in [0.1, 0.15) is 30.9 Å². The van der Waals surface area contributed by atoms with Gasteiger partial charge in [-0.3, -0.25) is 0 Å². The van der Waals surface area contributed by atoms with Crippen LogP contribution in [0.15, 0.2) is 53.6 Å². The van der Waals surface area contributed by atoms with Crippen LogP contribution in [0.2, 0.25) is 0 Å². The van der Waals surface area contributed by atoms with Crippen LogP contribution >= 0.6 is 0 Å². The molecule has 25 heavy (non-hydrogen) atoms. The zero-order chi connectivity index (χ0) is 17.2. The number of aromatic nitrogens is 4. The number of hydrazone groups is 1. The van der Waals surface area contributed by atoms with E-state index in [1.807, 2.05) is 36.4 Å². The molecule has 0 aliphatic heterocycles. The molecule has 0 unspecified atom stereocenters. The maximum absolute atomic E-state index is 4.43. The molecule has 2 aromatic heterocycles. The van der Waals surface area contributed by atoms with Crippen molar-refractivity contribution in [1.29, 1.82) is 0 Å². The van der Waals surface area contributed by atoms with Crippen LogP contribution in [-0.2, 0) is 0 Å². The van der Waals surface area contributed by atoms with Gasteiger partial charge in [0.25, 0.3) is 5.95 Å². The first-order valence-corrected chi connectivity index (χ1v) is 8.21. The Hall–Kier alpha value is -3.28. The molecular formula is C19H18N6. The van der Waals surface area contributed by atoms with Gasteiger partial charge in [-0.25, -0.2) is 5.43 Å². The van der Waals surface area contributed by atoms with E-state index in [1.54, 1.807) is 6.21 Å². The molecular weight excluding hydrogens is 312 g/mol. The Balaban J connectivity index is 1.53. The molecule has 0 radical (unpaired) electrons. The molecule has 0 saturated heterocycles. The maximum Gasteiger partial charge on any atom is 0.265 e. The highest BCUT2D eigenvalue weighted by atomic mass is 15.4. The van der Waals surface area contributed by atoms with Gasteiger partial charge in [-0.15, -0.1) is 10.2 Å². The number of benzene rings is 2. The van der Waals surface area contributed by atoms with Crippen LogP contribution in [0.25, 0.3) is 22.1 Å². The van der Waals surface area contributed by atoms with Crippen molar-refractivity contribution in [2.24, 2.45) is 5.10 Å². The molecule has 2 heterocycles. The molecule has 4 aromatic rings. The molecule has 0 fully saturated rings.